The van der Waals surface area contributed by atoms with Gasteiger partial charge in [0.2, 0.25) is 0 Å². The summed E-state index contributed by atoms with van der Waals surface area (Å²) in [6.07, 6.45) is 2.95. The molecule has 1 aromatic carbocycles. The summed E-state index contributed by atoms with van der Waals surface area (Å²) >= 11 is 0. The van der Waals surface area contributed by atoms with Crippen LogP contribution >= 0.6 is 0 Å². The predicted octanol–water partition coefficient (Wildman–Crippen LogP) is 3.13. The fourth-order valence-corrected chi connectivity index (χ4v) is 2.22. The largest absolute Gasteiger partial charge is 0.316 e. The van der Waals surface area contributed by atoms with Gasteiger partial charge in [-0.15, -0.1) is 0 Å². The summed E-state index contributed by atoms with van der Waals surface area (Å²) in [5.41, 5.74) is 3.45. The highest BCUT2D eigenvalue weighted by Crippen LogP contribution is 2.26. The van der Waals surface area contributed by atoms with Gasteiger partial charge in [0.25, 0.3) is 0 Å². The molecule has 0 radical (unpaired) electrons. The molecule has 0 saturated carbocycles. The average Bonchev–Trinajstić information content (AvgIpc) is 2.73. The Kier molecular flexibility index (Phi) is 4.32. The Morgan fingerprint density at radius 3 is 2.79 bits per heavy atom. The number of benzene rings is 1. The normalized spacial score (nSPS) is 10.9. The standard InChI is InChI=1S/C15H20FN3/c1-4-7-19-10-14(11(2)18-19)13-8-12(9-17-3)5-6-15(13)16/h5-6,8,10,17H,4,7,9H2,1-3H3. The molecule has 0 amide bonds. The maximum Gasteiger partial charge on any atom is 0.131 e. The van der Waals surface area contributed by atoms with Crippen LogP contribution in [0.4, 0.5) is 4.39 Å². The van der Waals surface area contributed by atoms with Crippen molar-refractivity contribution in [1.29, 1.82) is 0 Å². The molecule has 19 heavy (non-hydrogen) atoms. The van der Waals surface area contributed by atoms with E-state index in [-0.39, 0.29) is 5.82 Å². The van der Waals surface area contributed by atoms with Crippen molar-refractivity contribution in [2.75, 3.05) is 7.05 Å². The van der Waals surface area contributed by atoms with Crippen LogP contribution in [0, 0.1) is 12.7 Å². The molecule has 0 saturated heterocycles. The summed E-state index contributed by atoms with van der Waals surface area (Å²) in [4.78, 5) is 0. The highest BCUT2D eigenvalue weighted by Gasteiger charge is 2.12. The van der Waals surface area contributed by atoms with Gasteiger partial charge in [0.15, 0.2) is 0 Å². The average molecular weight is 261 g/mol. The van der Waals surface area contributed by atoms with Crippen molar-refractivity contribution in [3.05, 3.63) is 41.5 Å². The minimum atomic E-state index is -0.195. The predicted molar refractivity (Wildman–Crippen MR) is 75.4 cm³/mol. The molecule has 0 fully saturated rings. The fourth-order valence-electron chi connectivity index (χ4n) is 2.22. The molecule has 0 aliphatic rings. The number of hydrogen-bond donors (Lipinski definition) is 1. The highest BCUT2D eigenvalue weighted by atomic mass is 19.1. The first-order valence-corrected chi connectivity index (χ1v) is 6.63. The third-order valence-corrected chi connectivity index (χ3v) is 3.10. The second kappa shape index (κ2) is 5.97. The van der Waals surface area contributed by atoms with Crippen molar-refractivity contribution in [3.63, 3.8) is 0 Å². The lowest BCUT2D eigenvalue weighted by molar-refractivity contribution is 0.598. The second-order valence-corrected chi connectivity index (χ2v) is 4.74. The Bertz CT molecular complexity index is 561. The Morgan fingerprint density at radius 1 is 1.32 bits per heavy atom. The Labute approximate surface area is 113 Å². The van der Waals surface area contributed by atoms with Crippen molar-refractivity contribution >= 4 is 0 Å². The second-order valence-electron chi connectivity index (χ2n) is 4.74. The molecule has 102 valence electrons. The molecule has 0 spiro atoms. The van der Waals surface area contributed by atoms with Crippen LogP contribution in [0.25, 0.3) is 11.1 Å². The van der Waals surface area contributed by atoms with Crippen LogP contribution in [0.2, 0.25) is 0 Å². The first kappa shape index (κ1) is 13.7. The number of nitrogens with one attached hydrogen (secondary N) is 1. The van der Waals surface area contributed by atoms with Crippen molar-refractivity contribution < 1.29 is 4.39 Å². The van der Waals surface area contributed by atoms with Crippen LogP contribution in [0.3, 0.4) is 0 Å². The lowest BCUT2D eigenvalue weighted by Gasteiger charge is -2.05. The number of hydrogen-bond acceptors (Lipinski definition) is 2. The zero-order valence-electron chi connectivity index (χ0n) is 11.7. The molecule has 0 atom stereocenters. The van der Waals surface area contributed by atoms with E-state index < -0.39 is 0 Å². The maximum atomic E-state index is 14.0. The Balaban J connectivity index is 2.42. The SMILES string of the molecule is CCCn1cc(-c2cc(CNC)ccc2F)c(C)n1. The van der Waals surface area contributed by atoms with Gasteiger partial charge in [0.1, 0.15) is 5.82 Å². The smallest absolute Gasteiger partial charge is 0.131 e. The zero-order chi connectivity index (χ0) is 13.8. The van der Waals surface area contributed by atoms with Crippen LogP contribution in [-0.4, -0.2) is 16.8 Å². The first-order chi connectivity index (χ1) is 9.15. The van der Waals surface area contributed by atoms with Crippen molar-refractivity contribution in [2.24, 2.45) is 0 Å². The molecule has 0 unspecified atom stereocenters. The minimum Gasteiger partial charge on any atom is -0.316 e. The maximum absolute atomic E-state index is 14.0. The molecule has 0 aliphatic heterocycles. The summed E-state index contributed by atoms with van der Waals surface area (Å²) < 4.78 is 15.9. The number of aryl methyl sites for hydroxylation is 2. The van der Waals surface area contributed by atoms with Gasteiger partial charge in [-0.3, -0.25) is 4.68 Å². The van der Waals surface area contributed by atoms with E-state index in [4.69, 9.17) is 0 Å². The van der Waals surface area contributed by atoms with Gasteiger partial charge >= 0.3 is 0 Å². The van der Waals surface area contributed by atoms with Gasteiger partial charge < -0.3 is 5.32 Å². The van der Waals surface area contributed by atoms with E-state index in [0.29, 0.717) is 5.56 Å². The number of rotatable bonds is 5. The molecule has 1 aromatic heterocycles. The quantitative estimate of drug-likeness (QED) is 0.896. The summed E-state index contributed by atoms with van der Waals surface area (Å²) in [6, 6.07) is 5.23. The fraction of sp³-hybridized carbons (Fsp3) is 0.400. The highest BCUT2D eigenvalue weighted by molar-refractivity contribution is 5.66. The van der Waals surface area contributed by atoms with Gasteiger partial charge in [-0.05, 0) is 38.1 Å². The van der Waals surface area contributed by atoms with E-state index in [1.165, 1.54) is 6.07 Å². The van der Waals surface area contributed by atoms with Crippen LogP contribution in [0.1, 0.15) is 24.6 Å². The van der Waals surface area contributed by atoms with Crippen LogP contribution in [0.5, 0.6) is 0 Å². The van der Waals surface area contributed by atoms with E-state index in [1.54, 1.807) is 6.07 Å². The number of nitrogens with zero attached hydrogens (tertiary/aromatic N) is 2. The van der Waals surface area contributed by atoms with Crippen LogP contribution < -0.4 is 5.32 Å². The van der Waals surface area contributed by atoms with Crippen molar-refractivity contribution in [3.8, 4) is 11.1 Å². The lowest BCUT2D eigenvalue weighted by atomic mass is 10.0. The van der Waals surface area contributed by atoms with Gasteiger partial charge in [-0.2, -0.15) is 5.10 Å². The molecule has 2 rings (SSSR count). The molecule has 4 heteroatoms. The summed E-state index contributed by atoms with van der Waals surface area (Å²) in [5, 5.41) is 7.51. The van der Waals surface area contributed by atoms with Crippen LogP contribution in [0.15, 0.2) is 24.4 Å². The van der Waals surface area contributed by atoms with Crippen molar-refractivity contribution in [2.45, 2.75) is 33.4 Å². The first-order valence-electron chi connectivity index (χ1n) is 6.63. The molecular weight excluding hydrogens is 241 g/mol. The summed E-state index contributed by atoms with van der Waals surface area (Å²) in [6.45, 7) is 5.62. The third kappa shape index (κ3) is 3.01. The summed E-state index contributed by atoms with van der Waals surface area (Å²) in [5.74, 6) is -0.195. The Hall–Kier alpha value is -1.68. The van der Waals surface area contributed by atoms with Crippen LogP contribution in [-0.2, 0) is 13.1 Å². The Morgan fingerprint density at radius 2 is 2.11 bits per heavy atom. The molecule has 0 bridgehead atoms. The van der Waals surface area contributed by atoms with Crippen molar-refractivity contribution in [1.82, 2.24) is 15.1 Å². The topological polar surface area (TPSA) is 29.9 Å². The third-order valence-electron chi connectivity index (χ3n) is 3.10. The van der Waals surface area contributed by atoms with E-state index in [1.807, 2.05) is 30.9 Å². The molecule has 1 N–H and O–H groups in total. The van der Waals surface area contributed by atoms with Gasteiger partial charge in [0.05, 0.1) is 5.69 Å². The van der Waals surface area contributed by atoms with E-state index >= 15 is 0 Å². The zero-order valence-corrected chi connectivity index (χ0v) is 11.7. The van der Waals surface area contributed by atoms with Gasteiger partial charge in [-0.1, -0.05) is 13.0 Å². The lowest BCUT2D eigenvalue weighted by Crippen LogP contribution is -2.05. The molecule has 1 heterocycles. The van der Waals surface area contributed by atoms with E-state index in [2.05, 4.69) is 17.3 Å². The minimum absolute atomic E-state index is 0.195. The monoisotopic (exact) mass is 261 g/mol. The van der Waals surface area contributed by atoms with Gasteiger partial charge in [0, 0.05) is 30.4 Å². The molecule has 2 aromatic rings. The van der Waals surface area contributed by atoms with Gasteiger partial charge in [-0.25, -0.2) is 4.39 Å². The number of aromatic nitrogens is 2. The molecule has 0 aliphatic carbocycles. The number of halogens is 1. The molecular formula is C15H20FN3. The molecule has 3 nitrogen and oxygen atoms in total. The summed E-state index contributed by atoms with van der Waals surface area (Å²) in [7, 11) is 1.88. The van der Waals surface area contributed by atoms with E-state index in [9.17, 15) is 4.39 Å². The van der Waals surface area contributed by atoms with E-state index in [0.717, 1.165) is 36.3 Å².